The van der Waals surface area contributed by atoms with Crippen LogP contribution in [-0.4, -0.2) is 29.9 Å². The van der Waals surface area contributed by atoms with Crippen LogP contribution in [0.2, 0.25) is 0 Å². The molecule has 0 radical (unpaired) electrons. The van der Waals surface area contributed by atoms with Crippen LogP contribution in [0.3, 0.4) is 0 Å². The second-order valence-corrected chi connectivity index (χ2v) is 4.72. The summed E-state index contributed by atoms with van der Waals surface area (Å²) in [6.07, 6.45) is 1.47. The molecular formula is C13H18N4O3. The zero-order chi connectivity index (χ0) is 15.0. The van der Waals surface area contributed by atoms with Gasteiger partial charge in [0.05, 0.1) is 12.6 Å². The number of aryl methyl sites for hydroxylation is 1. The molecule has 7 heteroatoms. The van der Waals surface area contributed by atoms with Crippen LogP contribution >= 0.6 is 0 Å². The summed E-state index contributed by atoms with van der Waals surface area (Å²) in [5.74, 6) is 0.464. The van der Waals surface area contributed by atoms with Gasteiger partial charge in [0.2, 0.25) is 0 Å². The van der Waals surface area contributed by atoms with Gasteiger partial charge in [-0.15, -0.1) is 0 Å². The Hall–Kier alpha value is -2.15. The SMILES string of the molecule is C=Cc1nc2c(c(=O)n(C)c(=O)n2C)n1CC(O)CC. The van der Waals surface area contributed by atoms with E-state index in [4.69, 9.17) is 0 Å². The fourth-order valence-corrected chi connectivity index (χ4v) is 2.14. The Morgan fingerprint density at radius 2 is 2.00 bits per heavy atom. The predicted molar refractivity (Wildman–Crippen MR) is 76.6 cm³/mol. The summed E-state index contributed by atoms with van der Waals surface area (Å²) >= 11 is 0. The fraction of sp³-hybridized carbons (Fsp3) is 0.462. The molecule has 2 aromatic heterocycles. The minimum Gasteiger partial charge on any atom is -0.391 e. The molecule has 0 aliphatic rings. The van der Waals surface area contributed by atoms with Gasteiger partial charge >= 0.3 is 5.69 Å². The Morgan fingerprint density at radius 1 is 1.35 bits per heavy atom. The van der Waals surface area contributed by atoms with Gasteiger partial charge < -0.3 is 9.67 Å². The van der Waals surface area contributed by atoms with Crippen molar-refractivity contribution in [2.45, 2.75) is 26.0 Å². The van der Waals surface area contributed by atoms with Gasteiger partial charge in [-0.3, -0.25) is 13.9 Å². The lowest BCUT2D eigenvalue weighted by molar-refractivity contribution is 0.151. The third-order valence-electron chi connectivity index (χ3n) is 3.42. The summed E-state index contributed by atoms with van der Waals surface area (Å²) < 4.78 is 3.96. The number of aliphatic hydroxyl groups excluding tert-OH is 1. The lowest BCUT2D eigenvalue weighted by Crippen LogP contribution is -2.37. The molecule has 0 fully saturated rings. The van der Waals surface area contributed by atoms with Crippen LogP contribution in [0.1, 0.15) is 19.2 Å². The topological polar surface area (TPSA) is 82.0 Å². The van der Waals surface area contributed by atoms with Crippen LogP contribution in [0, 0.1) is 0 Å². The lowest BCUT2D eigenvalue weighted by Gasteiger charge is -2.11. The quantitative estimate of drug-likeness (QED) is 0.843. The molecule has 0 bridgehead atoms. The first-order valence-electron chi connectivity index (χ1n) is 6.39. The predicted octanol–water partition coefficient (Wildman–Crippen LogP) is -0.152. The lowest BCUT2D eigenvalue weighted by atomic mass is 10.3. The minimum absolute atomic E-state index is 0.238. The zero-order valence-electron chi connectivity index (χ0n) is 11.8. The van der Waals surface area contributed by atoms with Gasteiger partial charge in [-0.2, -0.15) is 0 Å². The molecule has 0 spiro atoms. The van der Waals surface area contributed by atoms with Crippen LogP contribution in [0.5, 0.6) is 0 Å². The maximum absolute atomic E-state index is 12.3. The Kier molecular flexibility index (Phi) is 3.63. The smallest absolute Gasteiger partial charge is 0.332 e. The highest BCUT2D eigenvalue weighted by Crippen LogP contribution is 2.13. The number of imidazole rings is 1. The van der Waals surface area contributed by atoms with Gasteiger partial charge in [0.25, 0.3) is 5.56 Å². The Morgan fingerprint density at radius 3 is 2.55 bits per heavy atom. The summed E-state index contributed by atoms with van der Waals surface area (Å²) in [5.41, 5.74) is -0.251. The third-order valence-corrected chi connectivity index (χ3v) is 3.42. The van der Waals surface area contributed by atoms with Crippen molar-refractivity contribution in [2.24, 2.45) is 14.1 Å². The van der Waals surface area contributed by atoms with Crippen molar-refractivity contribution in [1.82, 2.24) is 18.7 Å². The molecule has 1 unspecified atom stereocenters. The van der Waals surface area contributed by atoms with Crippen molar-refractivity contribution in [3.8, 4) is 0 Å². The number of hydrogen-bond acceptors (Lipinski definition) is 4. The first kappa shape index (κ1) is 14.3. The molecular weight excluding hydrogens is 260 g/mol. The average Bonchev–Trinajstić information content (AvgIpc) is 2.81. The molecule has 0 aliphatic carbocycles. The molecule has 108 valence electrons. The highest BCUT2D eigenvalue weighted by molar-refractivity contribution is 5.73. The maximum Gasteiger partial charge on any atom is 0.332 e. The highest BCUT2D eigenvalue weighted by Gasteiger charge is 2.18. The van der Waals surface area contributed by atoms with Gasteiger partial charge in [0, 0.05) is 14.1 Å². The molecule has 0 aromatic carbocycles. The normalized spacial score (nSPS) is 12.8. The minimum atomic E-state index is -0.590. The van der Waals surface area contributed by atoms with Crippen molar-refractivity contribution >= 4 is 17.2 Å². The molecule has 0 aliphatic heterocycles. The van der Waals surface area contributed by atoms with Crippen LogP contribution in [-0.2, 0) is 20.6 Å². The van der Waals surface area contributed by atoms with E-state index in [9.17, 15) is 14.7 Å². The molecule has 1 atom stereocenters. The molecule has 2 rings (SSSR count). The van der Waals surface area contributed by atoms with Gasteiger partial charge in [-0.1, -0.05) is 13.5 Å². The van der Waals surface area contributed by atoms with E-state index < -0.39 is 17.4 Å². The van der Waals surface area contributed by atoms with Crippen molar-refractivity contribution in [3.05, 3.63) is 33.2 Å². The molecule has 0 saturated heterocycles. The molecule has 0 saturated carbocycles. The van der Waals surface area contributed by atoms with E-state index in [2.05, 4.69) is 11.6 Å². The van der Waals surface area contributed by atoms with Gasteiger partial charge in [-0.25, -0.2) is 9.78 Å². The number of nitrogens with zero attached hydrogens (tertiary/aromatic N) is 4. The standard InChI is InChI=1S/C13H18N4O3/c1-5-8(18)7-17-9(6-2)14-11-10(17)12(19)16(4)13(20)15(11)3/h6,8,18H,2,5,7H2,1,3-4H3. The summed E-state index contributed by atoms with van der Waals surface area (Å²) in [6.45, 7) is 5.75. The van der Waals surface area contributed by atoms with Crippen molar-refractivity contribution in [3.63, 3.8) is 0 Å². The number of hydrogen-bond donors (Lipinski definition) is 1. The fourth-order valence-electron chi connectivity index (χ4n) is 2.14. The van der Waals surface area contributed by atoms with Crippen molar-refractivity contribution < 1.29 is 5.11 Å². The number of aliphatic hydroxyl groups is 1. The third kappa shape index (κ3) is 2.00. The first-order valence-corrected chi connectivity index (χ1v) is 6.39. The summed E-state index contributed by atoms with van der Waals surface area (Å²) in [5, 5.41) is 9.83. The van der Waals surface area contributed by atoms with Gasteiger partial charge in [-0.05, 0) is 12.5 Å². The second kappa shape index (κ2) is 5.09. The average molecular weight is 278 g/mol. The number of rotatable bonds is 4. The Balaban J connectivity index is 2.89. The molecule has 7 nitrogen and oxygen atoms in total. The number of fused-ring (bicyclic) bond motifs is 1. The van der Waals surface area contributed by atoms with E-state index in [0.29, 0.717) is 23.4 Å². The highest BCUT2D eigenvalue weighted by atomic mass is 16.3. The van der Waals surface area contributed by atoms with Crippen LogP contribution < -0.4 is 11.2 Å². The second-order valence-electron chi connectivity index (χ2n) is 4.72. The van der Waals surface area contributed by atoms with E-state index in [1.165, 1.54) is 17.7 Å². The Labute approximate surface area is 115 Å². The summed E-state index contributed by atoms with van der Waals surface area (Å²) in [6, 6.07) is 0. The van der Waals surface area contributed by atoms with E-state index in [-0.39, 0.29) is 6.54 Å². The summed E-state index contributed by atoms with van der Waals surface area (Å²) in [4.78, 5) is 28.5. The maximum atomic E-state index is 12.3. The van der Waals surface area contributed by atoms with Gasteiger partial charge in [0.15, 0.2) is 11.2 Å². The van der Waals surface area contributed by atoms with E-state index in [0.717, 1.165) is 4.57 Å². The molecule has 20 heavy (non-hydrogen) atoms. The summed E-state index contributed by atoms with van der Waals surface area (Å²) in [7, 11) is 2.98. The van der Waals surface area contributed by atoms with Crippen LogP contribution in [0.15, 0.2) is 16.2 Å². The van der Waals surface area contributed by atoms with Crippen LogP contribution in [0.25, 0.3) is 17.2 Å². The van der Waals surface area contributed by atoms with E-state index in [1.54, 1.807) is 11.6 Å². The first-order chi connectivity index (χ1) is 9.42. The molecule has 2 heterocycles. The number of aromatic nitrogens is 4. The van der Waals surface area contributed by atoms with Gasteiger partial charge in [0.1, 0.15) is 5.82 Å². The van der Waals surface area contributed by atoms with Crippen molar-refractivity contribution in [1.29, 1.82) is 0 Å². The molecule has 2 aromatic rings. The van der Waals surface area contributed by atoms with Crippen molar-refractivity contribution in [2.75, 3.05) is 0 Å². The zero-order valence-corrected chi connectivity index (χ0v) is 11.8. The Bertz CT molecular complexity index is 781. The van der Waals surface area contributed by atoms with E-state index >= 15 is 0 Å². The monoisotopic (exact) mass is 278 g/mol. The van der Waals surface area contributed by atoms with Crippen LogP contribution in [0.4, 0.5) is 0 Å². The largest absolute Gasteiger partial charge is 0.391 e. The molecule has 0 amide bonds. The molecule has 1 N–H and O–H groups in total. The van der Waals surface area contributed by atoms with E-state index in [1.807, 2.05) is 6.92 Å².